The zero-order valence-corrected chi connectivity index (χ0v) is 13.0. The molecule has 3 heteroatoms. The summed E-state index contributed by atoms with van der Waals surface area (Å²) in [4.78, 5) is 14.2. The molecule has 0 unspecified atom stereocenters. The van der Waals surface area contributed by atoms with Crippen molar-refractivity contribution in [3.05, 3.63) is 65.9 Å². The smallest absolute Gasteiger partial charge is 0.407 e. The molecule has 0 amide bonds. The van der Waals surface area contributed by atoms with Gasteiger partial charge in [0, 0.05) is 24.7 Å². The minimum Gasteiger partial charge on any atom is -0.407 e. The summed E-state index contributed by atoms with van der Waals surface area (Å²) < 4.78 is 0. The minimum absolute atomic E-state index is 0. The van der Waals surface area contributed by atoms with Gasteiger partial charge in [-0.05, 0) is 12.8 Å². The normalized spacial score (nSPS) is 19.1. The quantitative estimate of drug-likeness (QED) is 0.456. The molecule has 0 saturated carbocycles. The van der Waals surface area contributed by atoms with E-state index in [0.717, 1.165) is 37.2 Å². The van der Waals surface area contributed by atoms with Crippen LogP contribution in [0.15, 0.2) is 60.3 Å². The van der Waals surface area contributed by atoms with Gasteiger partial charge in [0.05, 0.1) is 0 Å². The molecule has 0 spiro atoms. The molecule has 3 aliphatic rings. The molecule has 2 nitrogen and oxygen atoms in total. The first-order valence-corrected chi connectivity index (χ1v) is 7.24. The van der Waals surface area contributed by atoms with Crippen LogP contribution in [0.4, 0.5) is 0 Å². The van der Waals surface area contributed by atoms with E-state index in [1.165, 1.54) is 0 Å². The fourth-order valence-corrected chi connectivity index (χ4v) is 2.87. The van der Waals surface area contributed by atoms with Crippen molar-refractivity contribution < 1.29 is 21.9 Å². The van der Waals surface area contributed by atoms with Crippen molar-refractivity contribution >= 4 is 11.9 Å². The monoisotopic (exact) mass is 321 g/mol. The van der Waals surface area contributed by atoms with E-state index in [-0.39, 0.29) is 17.1 Å². The number of fused-ring (bicyclic) bond motifs is 3. The Hall–Kier alpha value is -1.57. The molecule has 3 heterocycles. The Morgan fingerprint density at radius 3 is 2.19 bits per heavy atom. The second-order valence-corrected chi connectivity index (χ2v) is 5.34. The van der Waals surface area contributed by atoms with Crippen LogP contribution in [0.2, 0.25) is 0 Å². The molecule has 3 saturated heterocycles. The number of Topliss-reactive ketones (excluding diaryl/α,β-unsaturated/α-hetero) is 1. The fourth-order valence-electron chi connectivity index (χ4n) is 2.87. The van der Waals surface area contributed by atoms with E-state index in [1.54, 1.807) is 0 Å². The largest absolute Gasteiger partial charge is 2.00 e. The van der Waals surface area contributed by atoms with Gasteiger partial charge in [-0.1, -0.05) is 0 Å². The van der Waals surface area contributed by atoms with Gasteiger partial charge in [-0.3, -0.25) is 0 Å². The molecule has 0 aliphatic carbocycles. The molecular weight excluding hydrogens is 302 g/mol. The molecule has 0 radical (unpaired) electrons. The molecule has 0 aromatic heterocycles. The first-order valence-electron chi connectivity index (χ1n) is 7.24. The number of piperidine rings is 3. The van der Waals surface area contributed by atoms with E-state index in [0.29, 0.717) is 11.7 Å². The third kappa shape index (κ3) is 3.75. The molecule has 3 fully saturated rings. The Bertz CT molecular complexity index is 543. The maximum atomic E-state index is 12.0. The van der Waals surface area contributed by atoms with Crippen LogP contribution in [0.5, 0.6) is 0 Å². The molecule has 2 aromatic carbocycles. The molecule has 0 atom stereocenters. The number of nitrogens with zero attached hydrogens (tertiary/aromatic N) is 1. The Morgan fingerprint density at radius 2 is 1.71 bits per heavy atom. The summed E-state index contributed by atoms with van der Waals surface area (Å²) in [5, 5.41) is 0. The van der Waals surface area contributed by atoms with E-state index in [4.69, 9.17) is 0 Å². The van der Waals surface area contributed by atoms with E-state index in [2.05, 4.69) is 4.90 Å². The summed E-state index contributed by atoms with van der Waals surface area (Å²) in [6.45, 7) is 2.12. The zero-order valence-electron chi connectivity index (χ0n) is 11.9. The molecule has 5 rings (SSSR count). The summed E-state index contributed by atoms with van der Waals surface area (Å²) in [6.07, 6.45) is 4.14. The van der Waals surface area contributed by atoms with Crippen molar-refractivity contribution in [1.82, 2.24) is 4.90 Å². The summed E-state index contributed by atoms with van der Waals surface area (Å²) in [7, 11) is 0. The number of carbonyl (C=O) groups excluding carboxylic acids is 1. The number of allylic oxidation sites excluding steroid dienone is 1. The van der Waals surface area contributed by atoms with E-state index < -0.39 is 0 Å². The van der Waals surface area contributed by atoms with E-state index in [9.17, 15) is 4.79 Å². The predicted octanol–water partition coefficient (Wildman–Crippen LogP) is 3.44. The van der Waals surface area contributed by atoms with Crippen LogP contribution in [0.1, 0.15) is 18.4 Å². The van der Waals surface area contributed by atoms with Crippen LogP contribution < -0.4 is 0 Å². The van der Waals surface area contributed by atoms with Gasteiger partial charge in [-0.25, -0.2) is 12.1 Å². The third-order valence-corrected chi connectivity index (χ3v) is 4.01. The van der Waals surface area contributed by atoms with E-state index in [1.807, 2.05) is 60.7 Å². The van der Waals surface area contributed by atoms with Gasteiger partial charge in [-0.15, -0.1) is 23.8 Å². The minimum atomic E-state index is 0. The maximum Gasteiger partial charge on any atom is 2.00 e. The van der Waals surface area contributed by atoms with Crippen LogP contribution in [0.25, 0.3) is 6.08 Å². The van der Waals surface area contributed by atoms with Crippen molar-refractivity contribution in [2.75, 3.05) is 13.1 Å². The Kier molecular flexibility index (Phi) is 5.60. The van der Waals surface area contributed by atoms with Gasteiger partial charge in [0.25, 0.3) is 0 Å². The molecule has 21 heavy (non-hydrogen) atoms. The molecule has 110 valence electrons. The standard InChI is InChI=1S/C13H14NO.C5H5.Fe/c15-13-11-5-7-14(8-6-11)12(13)9-10-3-1-2-4-10;1-2-4-5-3-1;/h1-4,9,11H,5-8H2;1-5H;/q2*-1;+2. The van der Waals surface area contributed by atoms with Crippen LogP contribution in [-0.4, -0.2) is 23.8 Å². The van der Waals surface area contributed by atoms with E-state index >= 15 is 0 Å². The van der Waals surface area contributed by atoms with Crippen LogP contribution in [-0.2, 0) is 21.9 Å². The Labute approximate surface area is 136 Å². The van der Waals surface area contributed by atoms with Gasteiger partial charge in [0.15, 0.2) is 0 Å². The third-order valence-electron chi connectivity index (χ3n) is 4.01. The predicted molar refractivity (Wildman–Crippen MR) is 81.4 cm³/mol. The van der Waals surface area contributed by atoms with Crippen molar-refractivity contribution in [2.45, 2.75) is 12.8 Å². The molecule has 2 bridgehead atoms. The second-order valence-electron chi connectivity index (χ2n) is 5.34. The van der Waals surface area contributed by atoms with Crippen molar-refractivity contribution in [3.63, 3.8) is 0 Å². The van der Waals surface area contributed by atoms with Crippen LogP contribution in [0.3, 0.4) is 0 Å². The molecule has 3 aliphatic heterocycles. The zero-order chi connectivity index (χ0) is 13.8. The van der Waals surface area contributed by atoms with Gasteiger partial charge in [-0.2, -0.15) is 30.3 Å². The van der Waals surface area contributed by atoms with Gasteiger partial charge < -0.3 is 9.69 Å². The number of rotatable bonds is 1. The average molecular weight is 321 g/mol. The Balaban J connectivity index is 0.000000231. The fraction of sp³-hybridized carbons (Fsp3) is 0.278. The van der Waals surface area contributed by atoms with Gasteiger partial charge >= 0.3 is 17.1 Å². The summed E-state index contributed by atoms with van der Waals surface area (Å²) in [5.74, 6) is 0.657. The van der Waals surface area contributed by atoms with Gasteiger partial charge in [0.2, 0.25) is 0 Å². The summed E-state index contributed by atoms with van der Waals surface area (Å²) >= 11 is 0. The number of ketones is 1. The SMILES string of the molecule is O=C1C(=C[c-]2cccc2)N2CCC1CC2.[Fe+2].c1cc[cH-]c1. The number of hydrogen-bond acceptors (Lipinski definition) is 2. The van der Waals surface area contributed by atoms with Crippen LogP contribution in [0, 0.1) is 5.92 Å². The summed E-state index contributed by atoms with van der Waals surface area (Å²) in [6, 6.07) is 18.1. The van der Waals surface area contributed by atoms with Crippen molar-refractivity contribution in [1.29, 1.82) is 0 Å². The molecular formula is C18H19FeNO. The second kappa shape index (κ2) is 7.44. The molecule has 0 N–H and O–H groups in total. The number of carbonyl (C=O) groups is 1. The Morgan fingerprint density at radius 1 is 1.10 bits per heavy atom. The van der Waals surface area contributed by atoms with Gasteiger partial charge in [0.1, 0.15) is 5.78 Å². The molecule has 2 aromatic rings. The number of hydrogen-bond donors (Lipinski definition) is 0. The summed E-state index contributed by atoms with van der Waals surface area (Å²) in [5.41, 5.74) is 2.08. The topological polar surface area (TPSA) is 20.3 Å². The van der Waals surface area contributed by atoms with Crippen LogP contribution >= 0.6 is 0 Å². The first-order chi connectivity index (χ1) is 9.84. The van der Waals surface area contributed by atoms with Crippen molar-refractivity contribution in [3.8, 4) is 0 Å². The maximum absolute atomic E-state index is 12.0. The first kappa shape index (κ1) is 15.8. The van der Waals surface area contributed by atoms with Crippen molar-refractivity contribution in [2.24, 2.45) is 5.92 Å². The average Bonchev–Trinajstić information content (AvgIpc) is 3.19.